The standard InChI is InChI=1S/C10H12BrN3OS/c1-13-9(15)5-14-8-4-6(11)2-3-7(8)10(12)16/h2-4,14H,5H2,1H3,(H2,12,16)(H,13,15). The molecule has 4 N–H and O–H groups in total. The van der Waals surface area contributed by atoms with Crippen LogP contribution >= 0.6 is 28.1 Å². The third-order valence-electron chi connectivity index (χ3n) is 1.97. The molecule has 0 heterocycles. The Morgan fingerprint density at radius 3 is 2.81 bits per heavy atom. The monoisotopic (exact) mass is 301 g/mol. The van der Waals surface area contributed by atoms with Crippen molar-refractivity contribution >= 4 is 44.7 Å². The highest BCUT2D eigenvalue weighted by atomic mass is 79.9. The number of halogens is 1. The zero-order valence-corrected chi connectivity index (χ0v) is 11.1. The predicted octanol–water partition coefficient (Wildman–Crippen LogP) is 1.24. The second-order valence-electron chi connectivity index (χ2n) is 3.08. The number of hydrogen-bond acceptors (Lipinski definition) is 3. The minimum atomic E-state index is -0.103. The summed E-state index contributed by atoms with van der Waals surface area (Å²) in [5.74, 6) is -0.103. The summed E-state index contributed by atoms with van der Waals surface area (Å²) in [4.78, 5) is 11.4. The number of rotatable bonds is 4. The van der Waals surface area contributed by atoms with E-state index in [-0.39, 0.29) is 12.5 Å². The topological polar surface area (TPSA) is 67.2 Å². The van der Waals surface area contributed by atoms with Gasteiger partial charge in [-0.3, -0.25) is 4.79 Å². The van der Waals surface area contributed by atoms with E-state index < -0.39 is 0 Å². The zero-order valence-electron chi connectivity index (χ0n) is 8.71. The molecule has 0 aliphatic carbocycles. The highest BCUT2D eigenvalue weighted by Crippen LogP contribution is 2.21. The first-order valence-electron chi connectivity index (χ1n) is 4.58. The van der Waals surface area contributed by atoms with Crippen LogP contribution in [0.2, 0.25) is 0 Å². The molecule has 1 amide bonds. The first kappa shape index (κ1) is 12.9. The molecule has 0 bridgehead atoms. The maximum absolute atomic E-state index is 11.1. The summed E-state index contributed by atoms with van der Waals surface area (Å²) in [6.45, 7) is 0.183. The number of amides is 1. The fourth-order valence-electron chi connectivity index (χ4n) is 1.14. The molecule has 4 nitrogen and oxygen atoms in total. The van der Waals surface area contributed by atoms with Gasteiger partial charge < -0.3 is 16.4 Å². The summed E-state index contributed by atoms with van der Waals surface area (Å²) >= 11 is 8.27. The lowest BCUT2D eigenvalue weighted by atomic mass is 10.2. The SMILES string of the molecule is CNC(=O)CNc1cc(Br)ccc1C(N)=S. The number of carbonyl (C=O) groups excluding carboxylic acids is 1. The van der Waals surface area contributed by atoms with Crippen molar-refractivity contribution in [3.05, 3.63) is 28.2 Å². The van der Waals surface area contributed by atoms with Gasteiger partial charge in [0.25, 0.3) is 0 Å². The van der Waals surface area contributed by atoms with Crippen LogP contribution in [0.1, 0.15) is 5.56 Å². The lowest BCUT2D eigenvalue weighted by molar-refractivity contribution is -0.118. The Balaban J connectivity index is 2.88. The highest BCUT2D eigenvalue weighted by Gasteiger charge is 2.06. The van der Waals surface area contributed by atoms with Gasteiger partial charge in [-0.2, -0.15) is 0 Å². The number of nitrogens with two attached hydrogens (primary N) is 1. The molecular formula is C10H12BrN3OS. The molecule has 0 unspecified atom stereocenters. The molecule has 0 aliphatic heterocycles. The van der Waals surface area contributed by atoms with Crippen molar-refractivity contribution in [1.82, 2.24) is 5.32 Å². The normalized spacial score (nSPS) is 9.62. The van der Waals surface area contributed by atoms with Gasteiger partial charge in [-0.1, -0.05) is 28.1 Å². The molecular weight excluding hydrogens is 290 g/mol. The van der Waals surface area contributed by atoms with Crippen LogP contribution in [0.3, 0.4) is 0 Å². The van der Waals surface area contributed by atoms with Gasteiger partial charge in [0.1, 0.15) is 4.99 Å². The lowest BCUT2D eigenvalue weighted by Gasteiger charge is -2.10. The van der Waals surface area contributed by atoms with E-state index in [9.17, 15) is 4.79 Å². The predicted molar refractivity (Wildman–Crippen MR) is 72.6 cm³/mol. The molecule has 0 spiro atoms. The molecule has 1 rings (SSSR count). The van der Waals surface area contributed by atoms with E-state index in [1.54, 1.807) is 13.1 Å². The fourth-order valence-corrected chi connectivity index (χ4v) is 1.68. The Morgan fingerprint density at radius 1 is 1.56 bits per heavy atom. The smallest absolute Gasteiger partial charge is 0.239 e. The van der Waals surface area contributed by atoms with E-state index in [4.69, 9.17) is 18.0 Å². The van der Waals surface area contributed by atoms with E-state index in [1.165, 1.54) is 0 Å². The molecule has 86 valence electrons. The Morgan fingerprint density at radius 2 is 2.25 bits per heavy atom. The molecule has 0 aliphatic rings. The fraction of sp³-hybridized carbons (Fsp3) is 0.200. The summed E-state index contributed by atoms with van der Waals surface area (Å²) < 4.78 is 0.895. The molecule has 0 aromatic heterocycles. The van der Waals surface area contributed by atoms with E-state index >= 15 is 0 Å². The number of benzene rings is 1. The van der Waals surface area contributed by atoms with Crippen LogP contribution < -0.4 is 16.4 Å². The van der Waals surface area contributed by atoms with Gasteiger partial charge in [-0.15, -0.1) is 0 Å². The number of hydrogen-bond donors (Lipinski definition) is 3. The van der Waals surface area contributed by atoms with Crippen LogP contribution in [-0.4, -0.2) is 24.5 Å². The van der Waals surface area contributed by atoms with Crippen molar-refractivity contribution in [2.45, 2.75) is 0 Å². The van der Waals surface area contributed by atoms with Crippen LogP contribution in [0.4, 0.5) is 5.69 Å². The minimum absolute atomic E-state index is 0.103. The maximum atomic E-state index is 11.1. The van der Waals surface area contributed by atoms with Gasteiger partial charge >= 0.3 is 0 Å². The van der Waals surface area contributed by atoms with Gasteiger partial charge in [-0.25, -0.2) is 0 Å². The van der Waals surface area contributed by atoms with Gasteiger partial charge in [0.15, 0.2) is 0 Å². The van der Waals surface area contributed by atoms with E-state index in [1.807, 2.05) is 12.1 Å². The average molecular weight is 302 g/mol. The third-order valence-corrected chi connectivity index (χ3v) is 2.68. The maximum Gasteiger partial charge on any atom is 0.239 e. The zero-order chi connectivity index (χ0) is 12.1. The van der Waals surface area contributed by atoms with E-state index in [0.717, 1.165) is 15.7 Å². The first-order valence-corrected chi connectivity index (χ1v) is 5.78. The molecule has 0 radical (unpaired) electrons. The first-order chi connectivity index (χ1) is 7.54. The van der Waals surface area contributed by atoms with Crippen molar-refractivity contribution in [2.75, 3.05) is 18.9 Å². The Bertz CT molecular complexity index is 423. The molecule has 6 heteroatoms. The Hall–Kier alpha value is -1.14. The van der Waals surface area contributed by atoms with Gasteiger partial charge in [0.2, 0.25) is 5.91 Å². The van der Waals surface area contributed by atoms with E-state index in [2.05, 4.69) is 26.6 Å². The van der Waals surface area contributed by atoms with Crippen molar-refractivity contribution < 1.29 is 4.79 Å². The molecule has 1 aromatic rings. The molecule has 0 saturated heterocycles. The average Bonchev–Trinajstić information content (AvgIpc) is 2.25. The lowest BCUT2D eigenvalue weighted by Crippen LogP contribution is -2.27. The summed E-state index contributed by atoms with van der Waals surface area (Å²) in [5.41, 5.74) is 7.04. The van der Waals surface area contributed by atoms with Crippen LogP contribution in [0.15, 0.2) is 22.7 Å². The number of thiocarbonyl (C=S) groups is 1. The largest absolute Gasteiger partial charge is 0.389 e. The second kappa shape index (κ2) is 5.81. The minimum Gasteiger partial charge on any atom is -0.389 e. The number of anilines is 1. The molecule has 16 heavy (non-hydrogen) atoms. The van der Waals surface area contributed by atoms with Gasteiger partial charge in [-0.05, 0) is 18.2 Å². The van der Waals surface area contributed by atoms with Crippen LogP contribution in [0.5, 0.6) is 0 Å². The molecule has 0 atom stereocenters. The number of nitrogens with one attached hydrogen (secondary N) is 2. The highest BCUT2D eigenvalue weighted by molar-refractivity contribution is 9.10. The summed E-state index contributed by atoms with van der Waals surface area (Å²) in [5, 5.41) is 5.50. The second-order valence-corrected chi connectivity index (χ2v) is 4.44. The summed E-state index contributed by atoms with van der Waals surface area (Å²) in [6.07, 6.45) is 0. The number of carbonyl (C=O) groups is 1. The molecule has 0 saturated carbocycles. The Labute approximate surface area is 108 Å². The summed E-state index contributed by atoms with van der Waals surface area (Å²) in [7, 11) is 1.58. The van der Waals surface area contributed by atoms with Crippen LogP contribution in [0, 0.1) is 0 Å². The van der Waals surface area contributed by atoms with Crippen molar-refractivity contribution in [2.24, 2.45) is 5.73 Å². The quantitative estimate of drug-likeness (QED) is 0.732. The Kier molecular flexibility index (Phi) is 4.70. The number of likely N-dealkylation sites (N-methyl/N-ethyl adjacent to an activating group) is 1. The molecule has 1 aromatic carbocycles. The van der Waals surface area contributed by atoms with Crippen molar-refractivity contribution in [3.63, 3.8) is 0 Å². The molecule has 0 fully saturated rings. The third kappa shape index (κ3) is 3.46. The van der Waals surface area contributed by atoms with Gasteiger partial charge in [0, 0.05) is 22.8 Å². The van der Waals surface area contributed by atoms with Crippen LogP contribution in [-0.2, 0) is 4.79 Å². The van der Waals surface area contributed by atoms with Crippen LogP contribution in [0.25, 0.3) is 0 Å². The van der Waals surface area contributed by atoms with Crippen molar-refractivity contribution in [1.29, 1.82) is 0 Å². The van der Waals surface area contributed by atoms with E-state index in [0.29, 0.717) is 4.99 Å². The van der Waals surface area contributed by atoms with Crippen molar-refractivity contribution in [3.8, 4) is 0 Å². The van der Waals surface area contributed by atoms with Gasteiger partial charge in [0.05, 0.1) is 6.54 Å². The summed E-state index contributed by atoms with van der Waals surface area (Å²) in [6, 6.07) is 5.48.